The lowest BCUT2D eigenvalue weighted by Gasteiger charge is -2.16. The molecule has 3 N–H and O–H groups in total. The zero-order valence-electron chi connectivity index (χ0n) is 12.9. The maximum atomic E-state index is 11.0. The molecule has 2 aromatic carbocycles. The van der Waals surface area contributed by atoms with Crippen LogP contribution in [0.3, 0.4) is 0 Å². The van der Waals surface area contributed by atoms with Gasteiger partial charge in [0.15, 0.2) is 11.5 Å². The molecule has 6 heteroatoms. The maximum absolute atomic E-state index is 11.0. The highest BCUT2D eigenvalue weighted by molar-refractivity contribution is 6.35. The number of carboxylic acids is 1. The normalized spacial score (nSPS) is 11.8. The lowest BCUT2D eigenvalue weighted by molar-refractivity contribution is -0.138. The molecule has 0 spiro atoms. The van der Waals surface area contributed by atoms with Crippen molar-refractivity contribution in [2.45, 2.75) is 12.5 Å². The molecule has 23 heavy (non-hydrogen) atoms. The summed E-state index contributed by atoms with van der Waals surface area (Å²) in [4.78, 5) is 11.0. The second kappa shape index (κ2) is 7.35. The Morgan fingerprint density at radius 2 is 1.87 bits per heavy atom. The summed E-state index contributed by atoms with van der Waals surface area (Å²) in [5.41, 5.74) is 8.01. The summed E-state index contributed by atoms with van der Waals surface area (Å²) in [7, 11) is 3.05. The van der Waals surface area contributed by atoms with Crippen molar-refractivity contribution in [2.75, 3.05) is 14.2 Å². The second-order valence-corrected chi connectivity index (χ2v) is 5.35. The van der Waals surface area contributed by atoms with Gasteiger partial charge in [0.1, 0.15) is 6.04 Å². The van der Waals surface area contributed by atoms with Crippen molar-refractivity contribution in [1.29, 1.82) is 0 Å². The molecule has 0 heterocycles. The number of rotatable bonds is 6. The Hall–Kier alpha value is -2.24. The number of carboxylic acid groups (broad SMARTS) is 1. The minimum Gasteiger partial charge on any atom is -0.493 e. The fourth-order valence-corrected chi connectivity index (χ4v) is 2.72. The Kier molecular flexibility index (Phi) is 5.47. The van der Waals surface area contributed by atoms with Crippen molar-refractivity contribution in [2.24, 2.45) is 5.73 Å². The van der Waals surface area contributed by atoms with Crippen LogP contribution in [0.1, 0.15) is 5.56 Å². The first-order valence-corrected chi connectivity index (χ1v) is 7.34. The summed E-state index contributed by atoms with van der Waals surface area (Å²) in [5.74, 6) is -0.0804. The first-order chi connectivity index (χ1) is 11.0. The molecular formula is C17H18ClNO4. The standard InChI is InChI=1S/C17H18ClNO4/c1-22-14-8-7-12(15(18)16(14)23-2)11-6-4-3-5-10(11)9-13(19)17(20)21/h3-8,13H,9,19H2,1-2H3,(H,20,21). The molecule has 122 valence electrons. The first kappa shape index (κ1) is 17.1. The number of nitrogens with two attached hydrogens (primary N) is 1. The van der Waals surface area contributed by atoms with Crippen LogP contribution in [-0.2, 0) is 11.2 Å². The van der Waals surface area contributed by atoms with Gasteiger partial charge in [0.2, 0.25) is 0 Å². The quantitative estimate of drug-likeness (QED) is 0.848. The largest absolute Gasteiger partial charge is 0.493 e. The molecule has 0 saturated carbocycles. The lowest BCUT2D eigenvalue weighted by Crippen LogP contribution is -2.32. The van der Waals surface area contributed by atoms with Crippen LogP contribution < -0.4 is 15.2 Å². The van der Waals surface area contributed by atoms with E-state index in [9.17, 15) is 4.79 Å². The molecule has 2 rings (SSSR count). The van der Waals surface area contributed by atoms with Gasteiger partial charge >= 0.3 is 5.97 Å². The van der Waals surface area contributed by atoms with Gasteiger partial charge in [-0.05, 0) is 29.7 Å². The Bertz CT molecular complexity index is 718. The van der Waals surface area contributed by atoms with Crippen molar-refractivity contribution in [1.82, 2.24) is 0 Å². The van der Waals surface area contributed by atoms with Crippen molar-refractivity contribution < 1.29 is 19.4 Å². The van der Waals surface area contributed by atoms with Gasteiger partial charge in [-0.15, -0.1) is 0 Å². The number of benzene rings is 2. The Morgan fingerprint density at radius 1 is 1.17 bits per heavy atom. The van der Waals surface area contributed by atoms with E-state index in [1.807, 2.05) is 30.3 Å². The fraction of sp³-hybridized carbons (Fsp3) is 0.235. The second-order valence-electron chi connectivity index (χ2n) is 4.97. The highest BCUT2D eigenvalue weighted by atomic mass is 35.5. The summed E-state index contributed by atoms with van der Waals surface area (Å²) >= 11 is 6.45. The van der Waals surface area contributed by atoms with E-state index in [0.29, 0.717) is 16.5 Å². The van der Waals surface area contributed by atoms with E-state index < -0.39 is 12.0 Å². The third-order valence-electron chi connectivity index (χ3n) is 3.55. The van der Waals surface area contributed by atoms with Gasteiger partial charge in [0.25, 0.3) is 0 Å². The first-order valence-electron chi connectivity index (χ1n) is 6.96. The molecule has 0 fully saturated rings. The van der Waals surface area contributed by atoms with Crippen molar-refractivity contribution >= 4 is 17.6 Å². The molecule has 1 unspecified atom stereocenters. The third-order valence-corrected chi connectivity index (χ3v) is 3.92. The maximum Gasteiger partial charge on any atom is 0.320 e. The van der Waals surface area contributed by atoms with Gasteiger partial charge in [0.05, 0.1) is 19.2 Å². The molecule has 0 bridgehead atoms. The zero-order chi connectivity index (χ0) is 17.0. The van der Waals surface area contributed by atoms with Gasteiger partial charge in [-0.2, -0.15) is 0 Å². The van der Waals surface area contributed by atoms with Crippen LogP contribution in [0.2, 0.25) is 5.02 Å². The van der Waals surface area contributed by atoms with E-state index in [4.69, 9.17) is 31.9 Å². The minimum absolute atomic E-state index is 0.205. The summed E-state index contributed by atoms with van der Waals surface area (Å²) in [6.07, 6.45) is 0.205. The van der Waals surface area contributed by atoms with Crippen LogP contribution in [0.5, 0.6) is 11.5 Å². The molecule has 0 aromatic heterocycles. The third kappa shape index (κ3) is 3.57. The molecule has 0 aliphatic heterocycles. The average molecular weight is 336 g/mol. The van der Waals surface area contributed by atoms with E-state index in [2.05, 4.69) is 0 Å². The zero-order valence-corrected chi connectivity index (χ0v) is 13.6. The fourth-order valence-electron chi connectivity index (χ4n) is 2.38. The van der Waals surface area contributed by atoms with Crippen LogP contribution in [0, 0.1) is 0 Å². The van der Waals surface area contributed by atoms with Gasteiger partial charge in [-0.1, -0.05) is 35.9 Å². The number of halogens is 1. The molecule has 2 aromatic rings. The van der Waals surface area contributed by atoms with Crippen LogP contribution in [0.15, 0.2) is 36.4 Å². The average Bonchev–Trinajstić information content (AvgIpc) is 2.55. The van der Waals surface area contributed by atoms with E-state index in [1.54, 1.807) is 6.07 Å². The number of ether oxygens (including phenoxy) is 2. The summed E-state index contributed by atoms with van der Waals surface area (Å²) in [6, 6.07) is 10.0. The molecule has 1 atom stereocenters. The summed E-state index contributed by atoms with van der Waals surface area (Å²) < 4.78 is 10.5. The van der Waals surface area contributed by atoms with E-state index in [-0.39, 0.29) is 6.42 Å². The van der Waals surface area contributed by atoms with Crippen LogP contribution >= 0.6 is 11.6 Å². The van der Waals surface area contributed by atoms with Gasteiger partial charge < -0.3 is 20.3 Å². The smallest absolute Gasteiger partial charge is 0.320 e. The number of aliphatic carboxylic acids is 1. The van der Waals surface area contributed by atoms with E-state index in [0.717, 1.165) is 16.7 Å². The molecule has 0 amide bonds. The van der Waals surface area contributed by atoms with Crippen molar-refractivity contribution in [3.63, 3.8) is 0 Å². The molecule has 5 nitrogen and oxygen atoms in total. The number of carbonyl (C=O) groups is 1. The minimum atomic E-state index is -1.04. The van der Waals surface area contributed by atoms with Crippen LogP contribution in [0.4, 0.5) is 0 Å². The Labute approximate surface area is 139 Å². The predicted molar refractivity (Wildman–Crippen MR) is 89.3 cm³/mol. The number of methoxy groups -OCH3 is 2. The van der Waals surface area contributed by atoms with Crippen LogP contribution in [0.25, 0.3) is 11.1 Å². The van der Waals surface area contributed by atoms with Crippen LogP contribution in [-0.4, -0.2) is 31.3 Å². The van der Waals surface area contributed by atoms with E-state index >= 15 is 0 Å². The Balaban J connectivity index is 2.53. The number of hydrogen-bond donors (Lipinski definition) is 2. The molecule has 0 radical (unpaired) electrons. The monoisotopic (exact) mass is 335 g/mol. The lowest BCUT2D eigenvalue weighted by atomic mass is 9.95. The SMILES string of the molecule is COc1ccc(-c2ccccc2CC(N)C(=O)O)c(Cl)c1OC. The Morgan fingerprint density at radius 3 is 2.48 bits per heavy atom. The van der Waals surface area contributed by atoms with Crippen molar-refractivity contribution in [3.05, 3.63) is 47.0 Å². The number of hydrogen-bond acceptors (Lipinski definition) is 4. The topological polar surface area (TPSA) is 81.8 Å². The summed E-state index contributed by atoms with van der Waals surface area (Å²) in [6.45, 7) is 0. The van der Waals surface area contributed by atoms with Crippen molar-refractivity contribution in [3.8, 4) is 22.6 Å². The summed E-state index contributed by atoms with van der Waals surface area (Å²) in [5, 5.41) is 9.43. The van der Waals surface area contributed by atoms with E-state index in [1.165, 1.54) is 14.2 Å². The van der Waals surface area contributed by atoms with Gasteiger partial charge in [0, 0.05) is 5.56 Å². The highest BCUT2D eigenvalue weighted by Crippen LogP contribution is 2.42. The molecule has 0 aliphatic rings. The predicted octanol–water partition coefficient (Wildman–Crippen LogP) is 2.98. The molecular weight excluding hydrogens is 318 g/mol. The highest BCUT2D eigenvalue weighted by Gasteiger charge is 2.19. The van der Waals surface area contributed by atoms with Gasteiger partial charge in [-0.3, -0.25) is 4.79 Å². The molecule has 0 saturated heterocycles. The molecule has 0 aliphatic carbocycles. The van der Waals surface area contributed by atoms with Gasteiger partial charge in [-0.25, -0.2) is 0 Å².